The number of rotatable bonds is 8. The summed E-state index contributed by atoms with van der Waals surface area (Å²) in [6, 6.07) is 19.5. The molecule has 2 amide bonds. The average Bonchev–Trinajstić information content (AvgIpc) is 2.79. The number of aliphatic hydroxyl groups is 1. The number of benzene rings is 3. The number of ether oxygens (including phenoxy) is 1. The van der Waals surface area contributed by atoms with E-state index >= 15 is 0 Å². The fourth-order valence-electron chi connectivity index (χ4n) is 2.70. The molecule has 8 heteroatoms. The van der Waals surface area contributed by atoms with E-state index in [4.69, 9.17) is 9.84 Å². The number of nitrogens with one attached hydrogen (secondary N) is 2. The van der Waals surface area contributed by atoms with Crippen LogP contribution in [0.15, 0.2) is 83.0 Å². The molecule has 0 saturated carbocycles. The van der Waals surface area contributed by atoms with Gasteiger partial charge in [-0.25, -0.2) is 4.39 Å². The molecule has 0 unspecified atom stereocenters. The summed E-state index contributed by atoms with van der Waals surface area (Å²) in [7, 11) is 0. The average molecular weight is 499 g/mol. The largest absolute Gasteiger partial charge is 0.456 e. The van der Waals surface area contributed by atoms with Crippen molar-refractivity contribution in [2.75, 3.05) is 13.2 Å². The Balaban J connectivity index is 1.80. The summed E-state index contributed by atoms with van der Waals surface area (Å²) < 4.78 is 20.1. The first-order valence-electron chi connectivity index (χ1n) is 9.66. The maximum absolute atomic E-state index is 13.4. The quantitative estimate of drug-likeness (QED) is 0.405. The summed E-state index contributed by atoms with van der Waals surface area (Å²) in [6.45, 7) is -0.233. The van der Waals surface area contributed by atoms with E-state index in [1.54, 1.807) is 24.3 Å². The molecule has 3 N–H and O–H groups in total. The minimum Gasteiger partial charge on any atom is -0.456 e. The Morgan fingerprint density at radius 1 is 1.03 bits per heavy atom. The number of hydrogen-bond donors (Lipinski definition) is 3. The second kappa shape index (κ2) is 11.2. The van der Waals surface area contributed by atoms with Crippen LogP contribution in [0.3, 0.4) is 0 Å². The van der Waals surface area contributed by atoms with Gasteiger partial charge in [-0.05, 0) is 70.0 Å². The van der Waals surface area contributed by atoms with Crippen molar-refractivity contribution in [3.63, 3.8) is 0 Å². The summed E-state index contributed by atoms with van der Waals surface area (Å²) in [5, 5.41) is 14.0. The fraction of sp³-hybridized carbons (Fsp3) is 0.0833. The summed E-state index contributed by atoms with van der Waals surface area (Å²) >= 11 is 3.42. The second-order valence-corrected chi connectivity index (χ2v) is 7.46. The summed E-state index contributed by atoms with van der Waals surface area (Å²) in [5.74, 6) is -0.541. The first-order chi connectivity index (χ1) is 15.5. The molecule has 3 rings (SSSR count). The minimum atomic E-state index is -0.635. The highest BCUT2D eigenvalue weighted by atomic mass is 79.9. The van der Waals surface area contributed by atoms with Gasteiger partial charge in [0.25, 0.3) is 11.8 Å². The smallest absolute Gasteiger partial charge is 0.267 e. The molecule has 0 aliphatic carbocycles. The molecule has 3 aromatic rings. The molecule has 0 saturated heterocycles. The third-order valence-electron chi connectivity index (χ3n) is 4.23. The Hall–Kier alpha value is -3.49. The molecule has 0 radical (unpaired) electrons. The first-order valence-corrected chi connectivity index (χ1v) is 10.5. The molecule has 0 aliphatic heterocycles. The van der Waals surface area contributed by atoms with Gasteiger partial charge in [-0.3, -0.25) is 9.59 Å². The number of carbonyl (C=O) groups excluding carboxylic acids is 2. The topological polar surface area (TPSA) is 87.7 Å². The predicted octanol–water partition coefficient (Wildman–Crippen LogP) is 4.26. The molecular weight excluding hydrogens is 479 g/mol. The van der Waals surface area contributed by atoms with Crippen molar-refractivity contribution in [2.24, 2.45) is 0 Å². The van der Waals surface area contributed by atoms with Gasteiger partial charge >= 0.3 is 0 Å². The Labute approximate surface area is 192 Å². The van der Waals surface area contributed by atoms with E-state index in [0.717, 1.165) is 10.5 Å². The van der Waals surface area contributed by atoms with Gasteiger partial charge in [0, 0.05) is 12.1 Å². The fourth-order valence-corrected chi connectivity index (χ4v) is 3.07. The number of halogens is 2. The summed E-state index contributed by atoms with van der Waals surface area (Å²) in [6.07, 6.45) is 1.48. The van der Waals surface area contributed by atoms with Crippen molar-refractivity contribution < 1.29 is 23.8 Å². The van der Waals surface area contributed by atoms with Crippen LogP contribution in [0, 0.1) is 5.82 Å². The van der Waals surface area contributed by atoms with Gasteiger partial charge < -0.3 is 20.5 Å². The van der Waals surface area contributed by atoms with Crippen LogP contribution < -0.4 is 15.4 Å². The van der Waals surface area contributed by atoms with Crippen molar-refractivity contribution in [2.45, 2.75) is 0 Å². The number of carbonyl (C=O) groups is 2. The van der Waals surface area contributed by atoms with Crippen LogP contribution in [-0.2, 0) is 4.79 Å². The zero-order chi connectivity index (χ0) is 22.9. The predicted molar refractivity (Wildman–Crippen MR) is 123 cm³/mol. The Bertz CT molecular complexity index is 1130. The van der Waals surface area contributed by atoms with Gasteiger partial charge in [-0.15, -0.1) is 0 Å². The van der Waals surface area contributed by atoms with Crippen molar-refractivity contribution in [1.29, 1.82) is 0 Å². The van der Waals surface area contributed by atoms with Crippen LogP contribution in [0.1, 0.15) is 15.9 Å². The van der Waals surface area contributed by atoms with Crippen LogP contribution in [0.25, 0.3) is 6.08 Å². The van der Waals surface area contributed by atoms with Crippen LogP contribution >= 0.6 is 15.9 Å². The molecule has 164 valence electrons. The van der Waals surface area contributed by atoms with Gasteiger partial charge in [0.1, 0.15) is 23.0 Å². The van der Waals surface area contributed by atoms with Gasteiger partial charge in [0.05, 0.1) is 11.1 Å². The van der Waals surface area contributed by atoms with E-state index in [-0.39, 0.29) is 24.4 Å². The normalized spacial score (nSPS) is 11.0. The molecule has 0 bridgehead atoms. The molecule has 0 aliphatic rings. The molecule has 6 nitrogen and oxygen atoms in total. The molecule has 3 aromatic carbocycles. The van der Waals surface area contributed by atoms with Crippen LogP contribution in [0.4, 0.5) is 4.39 Å². The van der Waals surface area contributed by atoms with Crippen LogP contribution in [0.2, 0.25) is 0 Å². The molecule has 0 aromatic heterocycles. The Morgan fingerprint density at radius 3 is 2.47 bits per heavy atom. The maximum atomic E-state index is 13.4. The zero-order valence-electron chi connectivity index (χ0n) is 16.8. The summed E-state index contributed by atoms with van der Waals surface area (Å²) in [5.41, 5.74) is 0.647. The Morgan fingerprint density at radius 2 is 1.78 bits per heavy atom. The second-order valence-electron chi connectivity index (χ2n) is 6.60. The van der Waals surface area contributed by atoms with Crippen LogP contribution in [0.5, 0.6) is 11.5 Å². The lowest BCUT2D eigenvalue weighted by atomic mass is 10.1. The standard InChI is InChI=1S/C24H20BrFN2O4/c25-20-6-1-2-7-22(20)32-19-10-8-16(9-11-19)14-21(24(31)27-12-13-29)28-23(30)17-4-3-5-18(26)15-17/h1-11,14-15,29H,12-13H2,(H,27,31)(H,28,30)/b21-14-. The third kappa shape index (κ3) is 6.50. The molecule has 32 heavy (non-hydrogen) atoms. The van der Waals surface area contributed by atoms with E-state index in [1.165, 1.54) is 24.3 Å². The van der Waals surface area contributed by atoms with E-state index < -0.39 is 17.6 Å². The van der Waals surface area contributed by atoms with Gasteiger partial charge in [0.15, 0.2) is 0 Å². The monoisotopic (exact) mass is 498 g/mol. The Kier molecular flexibility index (Phi) is 8.13. The van der Waals surface area contributed by atoms with E-state index in [9.17, 15) is 14.0 Å². The van der Waals surface area contributed by atoms with Gasteiger partial charge in [-0.2, -0.15) is 0 Å². The van der Waals surface area contributed by atoms with Crippen LogP contribution in [-0.4, -0.2) is 30.1 Å². The van der Waals surface area contributed by atoms with Crippen molar-refractivity contribution in [1.82, 2.24) is 10.6 Å². The molecule has 0 fully saturated rings. The molecule has 0 atom stereocenters. The highest BCUT2D eigenvalue weighted by Crippen LogP contribution is 2.29. The third-order valence-corrected chi connectivity index (χ3v) is 4.89. The molecular formula is C24H20BrFN2O4. The SMILES string of the molecule is O=C(NCCO)/C(=C/c1ccc(Oc2ccccc2Br)cc1)NC(=O)c1cccc(F)c1. The van der Waals surface area contributed by atoms with Crippen molar-refractivity contribution in [3.8, 4) is 11.5 Å². The van der Waals surface area contributed by atoms with E-state index in [2.05, 4.69) is 26.6 Å². The van der Waals surface area contributed by atoms with Gasteiger partial charge in [0.2, 0.25) is 0 Å². The van der Waals surface area contributed by atoms with Crippen molar-refractivity contribution in [3.05, 3.63) is 99.9 Å². The maximum Gasteiger partial charge on any atom is 0.267 e. The lowest BCUT2D eigenvalue weighted by molar-refractivity contribution is -0.117. The lowest BCUT2D eigenvalue weighted by Gasteiger charge is -2.11. The lowest BCUT2D eigenvalue weighted by Crippen LogP contribution is -2.36. The number of amides is 2. The van der Waals surface area contributed by atoms with Crippen molar-refractivity contribution >= 4 is 33.8 Å². The number of para-hydroxylation sites is 1. The zero-order valence-corrected chi connectivity index (χ0v) is 18.4. The number of hydrogen-bond acceptors (Lipinski definition) is 4. The molecule has 0 spiro atoms. The number of aliphatic hydroxyl groups excluding tert-OH is 1. The minimum absolute atomic E-state index is 0.0186. The van der Waals surface area contributed by atoms with E-state index in [0.29, 0.717) is 17.1 Å². The first kappa shape index (κ1) is 23.2. The van der Waals surface area contributed by atoms with Gasteiger partial charge in [-0.1, -0.05) is 30.3 Å². The highest BCUT2D eigenvalue weighted by molar-refractivity contribution is 9.10. The van der Waals surface area contributed by atoms with E-state index in [1.807, 2.05) is 24.3 Å². The molecule has 0 heterocycles. The highest BCUT2D eigenvalue weighted by Gasteiger charge is 2.15. The summed E-state index contributed by atoms with van der Waals surface area (Å²) in [4.78, 5) is 25.0.